The number of hydrogen-bond donors (Lipinski definition) is 1. The highest BCUT2D eigenvalue weighted by molar-refractivity contribution is 5.96. The van der Waals surface area contributed by atoms with Gasteiger partial charge in [0.15, 0.2) is 6.61 Å². The normalized spacial score (nSPS) is 13.3. The summed E-state index contributed by atoms with van der Waals surface area (Å²) in [6.45, 7) is 6.54. The number of piperazine rings is 1. The molecule has 1 N–H and O–H groups in total. The summed E-state index contributed by atoms with van der Waals surface area (Å²) in [4.78, 5) is 31.8. The molecule has 3 aromatic rings. The maximum absolute atomic E-state index is 12.8. The number of amides is 2. The maximum Gasteiger partial charge on any atom is 0.262 e. The number of anilines is 3. The summed E-state index contributed by atoms with van der Waals surface area (Å²) in [7, 11) is 3.94. The number of carbonyl (C=O) groups is 2. The third kappa shape index (κ3) is 6.16. The van der Waals surface area contributed by atoms with Gasteiger partial charge in [-0.2, -0.15) is 0 Å². The zero-order valence-electron chi connectivity index (χ0n) is 21.5. The Labute approximate surface area is 213 Å². The highest BCUT2D eigenvalue weighted by Crippen LogP contribution is 2.31. The quantitative estimate of drug-likeness (QED) is 0.538. The van der Waals surface area contributed by atoms with Gasteiger partial charge in [0.25, 0.3) is 11.8 Å². The van der Waals surface area contributed by atoms with E-state index in [1.807, 2.05) is 98.4 Å². The second kappa shape index (κ2) is 11.2. The average molecular weight is 487 g/mol. The molecule has 1 heterocycles. The van der Waals surface area contributed by atoms with Gasteiger partial charge in [0, 0.05) is 51.5 Å². The summed E-state index contributed by atoms with van der Waals surface area (Å²) < 4.78 is 5.77. The molecule has 0 radical (unpaired) electrons. The van der Waals surface area contributed by atoms with E-state index in [0.717, 1.165) is 28.2 Å². The highest BCUT2D eigenvalue weighted by Gasteiger charge is 2.24. The molecular weight excluding hydrogens is 452 g/mol. The zero-order valence-corrected chi connectivity index (χ0v) is 21.5. The summed E-state index contributed by atoms with van der Waals surface area (Å²) in [6.07, 6.45) is 0. The first-order valence-corrected chi connectivity index (χ1v) is 12.2. The first kappa shape index (κ1) is 25.1. The highest BCUT2D eigenvalue weighted by atomic mass is 16.5. The Hall–Kier alpha value is -4.00. The Morgan fingerprint density at radius 2 is 1.56 bits per heavy atom. The Bertz CT molecular complexity index is 1200. The fourth-order valence-electron chi connectivity index (χ4n) is 4.44. The molecule has 3 aromatic carbocycles. The van der Waals surface area contributed by atoms with Gasteiger partial charge in [-0.05, 0) is 67.4 Å². The first-order valence-electron chi connectivity index (χ1n) is 12.2. The second-order valence-corrected chi connectivity index (χ2v) is 9.40. The smallest absolute Gasteiger partial charge is 0.262 e. The molecule has 188 valence electrons. The molecule has 1 saturated heterocycles. The van der Waals surface area contributed by atoms with E-state index in [1.165, 1.54) is 0 Å². The molecule has 1 aliphatic rings. The molecule has 7 heteroatoms. The predicted octanol–water partition coefficient (Wildman–Crippen LogP) is 4.35. The van der Waals surface area contributed by atoms with Gasteiger partial charge in [-0.1, -0.05) is 24.3 Å². The largest absolute Gasteiger partial charge is 0.484 e. The van der Waals surface area contributed by atoms with Crippen LogP contribution in [0.4, 0.5) is 17.1 Å². The number of rotatable bonds is 7. The lowest BCUT2D eigenvalue weighted by Gasteiger charge is -2.37. The van der Waals surface area contributed by atoms with Crippen LogP contribution in [-0.2, 0) is 4.79 Å². The second-order valence-electron chi connectivity index (χ2n) is 9.40. The molecule has 2 amide bonds. The Kier molecular flexibility index (Phi) is 7.78. The van der Waals surface area contributed by atoms with E-state index in [2.05, 4.69) is 16.3 Å². The van der Waals surface area contributed by atoms with Crippen LogP contribution in [0.25, 0.3) is 0 Å². The van der Waals surface area contributed by atoms with Crippen LogP contribution in [0.1, 0.15) is 21.5 Å². The van der Waals surface area contributed by atoms with E-state index in [4.69, 9.17) is 4.74 Å². The Balaban J connectivity index is 1.44. The molecule has 1 fully saturated rings. The lowest BCUT2D eigenvalue weighted by Crippen LogP contribution is -2.49. The molecule has 4 rings (SSSR count). The van der Waals surface area contributed by atoms with Crippen molar-refractivity contribution in [2.45, 2.75) is 13.8 Å². The Morgan fingerprint density at radius 3 is 2.19 bits per heavy atom. The summed E-state index contributed by atoms with van der Waals surface area (Å²) in [5.41, 5.74) is 5.55. The predicted molar refractivity (Wildman–Crippen MR) is 145 cm³/mol. The first-order chi connectivity index (χ1) is 17.3. The van der Waals surface area contributed by atoms with Crippen LogP contribution in [-0.4, -0.2) is 63.6 Å². The number of nitrogens with zero attached hydrogens (tertiary/aromatic N) is 3. The topological polar surface area (TPSA) is 65.1 Å². The fourth-order valence-corrected chi connectivity index (χ4v) is 4.44. The third-order valence-corrected chi connectivity index (χ3v) is 6.26. The molecule has 0 bridgehead atoms. The lowest BCUT2D eigenvalue weighted by molar-refractivity contribution is -0.118. The molecule has 36 heavy (non-hydrogen) atoms. The van der Waals surface area contributed by atoms with Gasteiger partial charge in [0.2, 0.25) is 0 Å². The SMILES string of the molecule is Cc1cc(C)cc(OCC(=O)Nc2cc(N(C)C)ccc2N2CCN(C(=O)c3ccccc3)CC2)c1. The van der Waals surface area contributed by atoms with Crippen LogP contribution in [0, 0.1) is 13.8 Å². The van der Waals surface area contributed by atoms with Gasteiger partial charge < -0.3 is 24.8 Å². The average Bonchev–Trinajstić information content (AvgIpc) is 2.87. The van der Waals surface area contributed by atoms with Crippen LogP contribution in [0.5, 0.6) is 5.75 Å². The molecule has 0 aliphatic carbocycles. The van der Waals surface area contributed by atoms with E-state index in [-0.39, 0.29) is 18.4 Å². The molecule has 0 atom stereocenters. The number of aryl methyl sites for hydroxylation is 2. The summed E-state index contributed by atoms with van der Waals surface area (Å²) in [6, 6.07) is 21.3. The van der Waals surface area contributed by atoms with Crippen LogP contribution >= 0.6 is 0 Å². The van der Waals surface area contributed by atoms with E-state index >= 15 is 0 Å². The summed E-state index contributed by atoms with van der Waals surface area (Å²) in [5.74, 6) is 0.517. The van der Waals surface area contributed by atoms with E-state index in [0.29, 0.717) is 37.5 Å². The third-order valence-electron chi connectivity index (χ3n) is 6.26. The van der Waals surface area contributed by atoms with E-state index in [9.17, 15) is 9.59 Å². The summed E-state index contributed by atoms with van der Waals surface area (Å²) >= 11 is 0. The van der Waals surface area contributed by atoms with Crippen molar-refractivity contribution in [3.63, 3.8) is 0 Å². The van der Waals surface area contributed by atoms with Gasteiger partial charge in [-0.15, -0.1) is 0 Å². The van der Waals surface area contributed by atoms with Gasteiger partial charge in [0.1, 0.15) is 5.75 Å². The van der Waals surface area contributed by atoms with Crippen LogP contribution < -0.4 is 19.9 Å². The number of nitrogens with one attached hydrogen (secondary N) is 1. The molecule has 1 aliphatic heterocycles. The number of carbonyl (C=O) groups excluding carboxylic acids is 2. The number of hydrogen-bond acceptors (Lipinski definition) is 5. The van der Waals surface area contributed by atoms with Crippen molar-refractivity contribution in [1.82, 2.24) is 4.90 Å². The number of ether oxygens (including phenoxy) is 1. The molecular formula is C29H34N4O3. The van der Waals surface area contributed by atoms with Crippen LogP contribution in [0.15, 0.2) is 66.7 Å². The van der Waals surface area contributed by atoms with Gasteiger partial charge in [-0.3, -0.25) is 9.59 Å². The van der Waals surface area contributed by atoms with Crippen molar-refractivity contribution < 1.29 is 14.3 Å². The van der Waals surface area contributed by atoms with E-state index < -0.39 is 0 Å². The molecule has 0 saturated carbocycles. The minimum atomic E-state index is -0.218. The monoisotopic (exact) mass is 486 g/mol. The van der Waals surface area contributed by atoms with Gasteiger partial charge in [0.05, 0.1) is 11.4 Å². The van der Waals surface area contributed by atoms with Crippen molar-refractivity contribution in [1.29, 1.82) is 0 Å². The minimum absolute atomic E-state index is 0.0512. The van der Waals surface area contributed by atoms with Gasteiger partial charge in [-0.25, -0.2) is 0 Å². The molecule has 7 nitrogen and oxygen atoms in total. The van der Waals surface area contributed by atoms with Gasteiger partial charge >= 0.3 is 0 Å². The van der Waals surface area contributed by atoms with E-state index in [1.54, 1.807) is 0 Å². The van der Waals surface area contributed by atoms with Crippen LogP contribution in [0.2, 0.25) is 0 Å². The zero-order chi connectivity index (χ0) is 25.7. The lowest BCUT2D eigenvalue weighted by atomic mass is 10.1. The van der Waals surface area contributed by atoms with Crippen molar-refractivity contribution >= 4 is 28.9 Å². The summed E-state index contributed by atoms with van der Waals surface area (Å²) in [5, 5.41) is 3.05. The molecule has 0 unspecified atom stereocenters. The van der Waals surface area contributed by atoms with Crippen molar-refractivity contribution in [2.24, 2.45) is 0 Å². The molecule has 0 aromatic heterocycles. The van der Waals surface area contributed by atoms with Crippen LogP contribution in [0.3, 0.4) is 0 Å². The van der Waals surface area contributed by atoms with Crippen molar-refractivity contribution in [3.05, 3.63) is 83.4 Å². The maximum atomic E-state index is 12.8. The number of benzene rings is 3. The minimum Gasteiger partial charge on any atom is -0.484 e. The van der Waals surface area contributed by atoms with Crippen molar-refractivity contribution in [2.75, 3.05) is 62.0 Å². The fraction of sp³-hybridized carbons (Fsp3) is 0.310. The van der Waals surface area contributed by atoms with Crippen molar-refractivity contribution in [3.8, 4) is 5.75 Å². The standard InChI is InChI=1S/C29H34N4O3/c1-21-16-22(2)18-25(17-21)36-20-28(34)30-26-19-24(31(3)4)10-11-27(26)32-12-14-33(15-13-32)29(35)23-8-6-5-7-9-23/h5-11,16-19H,12-15,20H2,1-4H3,(H,30,34). The Morgan fingerprint density at radius 1 is 0.889 bits per heavy atom. The molecule has 0 spiro atoms.